The summed E-state index contributed by atoms with van der Waals surface area (Å²) in [5, 5.41) is 5.11. The van der Waals surface area contributed by atoms with Crippen molar-refractivity contribution in [3.8, 4) is 5.75 Å². The summed E-state index contributed by atoms with van der Waals surface area (Å²) in [5.74, 6) is 0.192. The number of benzene rings is 2. The van der Waals surface area contributed by atoms with E-state index >= 15 is 0 Å². The molecule has 1 atom stereocenters. The first-order valence-corrected chi connectivity index (χ1v) is 20.3. The van der Waals surface area contributed by atoms with Crippen LogP contribution in [0.2, 0.25) is 0 Å². The molecule has 55 heavy (non-hydrogen) atoms. The molecular weight excluding hydrogens is 725 g/mol. The zero-order valence-corrected chi connectivity index (χ0v) is 34.0. The van der Waals surface area contributed by atoms with Gasteiger partial charge in [-0.2, -0.15) is 4.89 Å². The van der Waals surface area contributed by atoms with Gasteiger partial charge < -0.3 is 20.1 Å². The maximum atomic E-state index is 14.5. The summed E-state index contributed by atoms with van der Waals surface area (Å²) < 4.78 is 42.1. The summed E-state index contributed by atoms with van der Waals surface area (Å²) in [6.45, 7) is 14.9. The molecule has 2 N–H and O–H groups in total. The van der Waals surface area contributed by atoms with E-state index in [2.05, 4.69) is 10.6 Å². The van der Waals surface area contributed by atoms with E-state index in [1.807, 2.05) is 65.0 Å². The molecule has 5 rings (SSSR count). The van der Waals surface area contributed by atoms with Crippen molar-refractivity contribution in [3.05, 3.63) is 81.5 Å². The summed E-state index contributed by atoms with van der Waals surface area (Å²) in [4.78, 5) is 53.1. The zero-order valence-electron chi connectivity index (χ0n) is 33.2. The first-order chi connectivity index (χ1) is 25.9. The maximum absolute atomic E-state index is 14.5. The largest absolute Gasteiger partial charge is 0.487 e. The monoisotopic (exact) mass is 778 g/mol. The molecule has 0 fully saturated rings. The molecule has 0 aliphatic carbocycles. The molecule has 0 radical (unpaired) electrons. The average molecular weight is 779 g/mol. The summed E-state index contributed by atoms with van der Waals surface area (Å²) in [5.41, 5.74) is 4.38. The Hall–Kier alpha value is -4.69. The molecule has 2 aliphatic rings. The minimum Gasteiger partial charge on any atom is -0.487 e. The Morgan fingerprint density at radius 2 is 1.73 bits per heavy atom. The number of ether oxygens (including phenoxy) is 2. The van der Waals surface area contributed by atoms with Crippen LogP contribution in [-0.2, 0) is 60.0 Å². The first kappa shape index (κ1) is 41.5. The van der Waals surface area contributed by atoms with Gasteiger partial charge in [-0.05, 0) is 121 Å². The van der Waals surface area contributed by atoms with Crippen molar-refractivity contribution in [2.45, 2.75) is 129 Å². The van der Waals surface area contributed by atoms with Crippen molar-refractivity contribution in [1.82, 2.24) is 15.6 Å². The number of fused-ring (bicyclic) bond motifs is 2. The molecule has 298 valence electrons. The van der Waals surface area contributed by atoms with Gasteiger partial charge in [0.1, 0.15) is 35.4 Å². The highest BCUT2D eigenvalue weighted by atomic mass is 32.2. The normalized spacial score (nSPS) is 15.3. The molecule has 3 heterocycles. The lowest BCUT2D eigenvalue weighted by Gasteiger charge is -2.31. The minimum atomic E-state index is -3.94. The fourth-order valence-electron chi connectivity index (χ4n) is 6.92. The number of amides is 2. The van der Waals surface area contributed by atoms with Crippen LogP contribution in [-0.4, -0.2) is 61.7 Å². The number of nitrogens with zero attached hydrogens (tertiary/aromatic N) is 2. The van der Waals surface area contributed by atoms with E-state index in [0.29, 0.717) is 54.9 Å². The van der Waals surface area contributed by atoms with Gasteiger partial charge in [-0.15, -0.1) is 0 Å². The van der Waals surface area contributed by atoms with Gasteiger partial charge in [0.2, 0.25) is 5.91 Å². The van der Waals surface area contributed by atoms with Crippen LogP contribution < -0.4 is 19.7 Å². The van der Waals surface area contributed by atoms with Crippen molar-refractivity contribution < 1.29 is 42.1 Å². The third-order valence-electron chi connectivity index (χ3n) is 9.67. The number of hydrogen-bond donors (Lipinski definition) is 2. The van der Waals surface area contributed by atoms with E-state index in [1.54, 1.807) is 32.9 Å². The number of hydrogen-bond acceptors (Lipinski definition) is 10. The van der Waals surface area contributed by atoms with Gasteiger partial charge in [0.15, 0.2) is 0 Å². The van der Waals surface area contributed by atoms with Crippen LogP contribution in [0.1, 0.15) is 99.4 Å². The molecule has 0 unspecified atom stereocenters. The van der Waals surface area contributed by atoms with Crippen LogP contribution in [0.25, 0.3) is 0 Å². The fraction of sp³-hybridized carbons (Fsp3) is 0.512. The summed E-state index contributed by atoms with van der Waals surface area (Å²) in [7, 11) is -3.94. The number of aryl methyl sites for hydroxylation is 2. The van der Waals surface area contributed by atoms with Crippen LogP contribution in [0.15, 0.2) is 47.4 Å². The van der Waals surface area contributed by atoms with E-state index < -0.39 is 39.3 Å². The van der Waals surface area contributed by atoms with Gasteiger partial charge in [0.25, 0.3) is 10.0 Å². The van der Waals surface area contributed by atoms with Crippen LogP contribution in [0.3, 0.4) is 0 Å². The van der Waals surface area contributed by atoms with Crippen molar-refractivity contribution in [2.75, 3.05) is 17.4 Å². The van der Waals surface area contributed by atoms with Crippen LogP contribution in [0, 0.1) is 20.8 Å². The number of esters is 1. The fourth-order valence-corrected chi connectivity index (χ4v) is 8.94. The Kier molecular flexibility index (Phi) is 12.8. The second-order valence-corrected chi connectivity index (χ2v) is 17.7. The number of pyridine rings is 1. The molecule has 2 amide bonds. The van der Waals surface area contributed by atoms with E-state index in [-0.39, 0.29) is 25.5 Å². The molecule has 2 aromatic carbocycles. The van der Waals surface area contributed by atoms with Crippen molar-refractivity contribution in [1.29, 1.82) is 0 Å². The first-order valence-electron chi connectivity index (χ1n) is 18.8. The highest BCUT2D eigenvalue weighted by Crippen LogP contribution is 2.45. The molecule has 0 saturated heterocycles. The predicted molar refractivity (Wildman–Crippen MR) is 207 cm³/mol. The van der Waals surface area contributed by atoms with Gasteiger partial charge in [0.05, 0.1) is 4.90 Å². The predicted octanol–water partition coefficient (Wildman–Crippen LogP) is 6.26. The van der Waals surface area contributed by atoms with E-state index in [1.165, 1.54) is 4.31 Å². The Morgan fingerprint density at radius 1 is 1.00 bits per heavy atom. The van der Waals surface area contributed by atoms with Crippen LogP contribution in [0.4, 0.5) is 10.6 Å². The summed E-state index contributed by atoms with van der Waals surface area (Å²) in [6.07, 6.45) is 2.87. The van der Waals surface area contributed by atoms with Gasteiger partial charge in [-0.1, -0.05) is 36.4 Å². The molecule has 1 aromatic heterocycles. The third-order valence-corrected chi connectivity index (χ3v) is 11.7. The van der Waals surface area contributed by atoms with Crippen LogP contribution >= 0.6 is 0 Å². The zero-order chi connectivity index (χ0) is 40.1. The lowest BCUT2D eigenvalue weighted by atomic mass is 9.94. The number of rotatable bonds is 14. The molecular formula is C41H54N4O9S. The summed E-state index contributed by atoms with van der Waals surface area (Å²) in [6, 6.07) is 11.8. The SMILES string of the molecule is Cc1c(C)c(S(=O)(=O)N2CCCc3ccc(CCCCC(=O)NC[C@H](NC(=O)OOCc4ccccc4)C(=O)OC(C)(C)C)nc32)c(C)c2c1OC(C)(C)C2. The number of carbonyl (C=O) groups excluding carboxylic acids is 3. The number of sulfonamides is 1. The molecule has 2 aliphatic heterocycles. The molecule has 3 aromatic rings. The van der Waals surface area contributed by atoms with Crippen molar-refractivity contribution in [3.63, 3.8) is 0 Å². The Labute approximate surface area is 324 Å². The van der Waals surface area contributed by atoms with Gasteiger partial charge in [0, 0.05) is 37.2 Å². The topological polar surface area (TPSA) is 162 Å². The van der Waals surface area contributed by atoms with E-state index in [4.69, 9.17) is 24.2 Å². The minimum absolute atomic E-state index is 0.0175. The maximum Gasteiger partial charge on any atom is 0.439 e. The summed E-state index contributed by atoms with van der Waals surface area (Å²) >= 11 is 0. The molecule has 0 bridgehead atoms. The number of nitrogens with one attached hydrogen (secondary N) is 2. The second-order valence-electron chi connectivity index (χ2n) is 15.9. The highest BCUT2D eigenvalue weighted by molar-refractivity contribution is 7.93. The Morgan fingerprint density at radius 3 is 2.44 bits per heavy atom. The third kappa shape index (κ3) is 10.3. The lowest BCUT2D eigenvalue weighted by molar-refractivity contribution is -0.249. The lowest BCUT2D eigenvalue weighted by Crippen LogP contribution is -2.50. The second kappa shape index (κ2) is 17.0. The number of anilines is 1. The van der Waals surface area contributed by atoms with Gasteiger partial charge in [-0.3, -0.25) is 9.68 Å². The molecule has 13 nitrogen and oxygen atoms in total. The standard InChI is InChI=1S/C41H54N4O9S/c1-26-27(2)36(28(3)32-23-41(7,8)52-35(26)32)55(49,50)45-22-14-17-30-20-21-31(43-37(30)45)18-12-13-19-34(46)42-24-33(38(47)53-40(4,5)6)44-39(48)54-51-25-29-15-10-9-11-16-29/h9-11,15-16,20-21,33H,12-14,17-19,22-25H2,1-8H3,(H,42,46)(H,44,48)/t33-/m0/s1. The number of aromatic nitrogens is 1. The molecule has 14 heteroatoms. The van der Waals surface area contributed by atoms with Crippen LogP contribution in [0.5, 0.6) is 5.75 Å². The quantitative estimate of drug-likeness (QED) is 0.0827. The smallest absolute Gasteiger partial charge is 0.439 e. The molecule has 0 spiro atoms. The highest BCUT2D eigenvalue weighted by Gasteiger charge is 2.39. The van der Waals surface area contributed by atoms with Gasteiger partial charge in [-0.25, -0.2) is 27.3 Å². The number of carbonyl (C=O) groups is 3. The molecule has 0 saturated carbocycles. The van der Waals surface area contributed by atoms with Gasteiger partial charge >= 0.3 is 12.1 Å². The van der Waals surface area contributed by atoms with Crippen molar-refractivity contribution in [2.24, 2.45) is 0 Å². The van der Waals surface area contributed by atoms with Crippen molar-refractivity contribution >= 4 is 33.8 Å². The average Bonchev–Trinajstić information content (AvgIpc) is 3.46. The van der Waals surface area contributed by atoms with E-state index in [0.717, 1.165) is 45.7 Å². The van der Waals surface area contributed by atoms with E-state index in [9.17, 15) is 22.8 Å². The Bertz CT molecular complexity index is 2010. The number of unbranched alkanes of at least 4 members (excludes halogenated alkanes) is 1. The Balaban J connectivity index is 1.17.